The molecular weight excluding hydrogens is 221 g/mol. The second kappa shape index (κ2) is 3.45. The SMILES string of the molecule is NC(=O)c1cc(C(F)(F)F)c(Cl)cn1. The van der Waals surface area contributed by atoms with E-state index in [1.807, 2.05) is 0 Å². The van der Waals surface area contributed by atoms with Gasteiger partial charge in [-0.15, -0.1) is 0 Å². The van der Waals surface area contributed by atoms with Crippen molar-refractivity contribution in [2.45, 2.75) is 6.18 Å². The highest BCUT2D eigenvalue weighted by Gasteiger charge is 2.34. The molecule has 0 saturated heterocycles. The molecule has 0 aliphatic rings. The van der Waals surface area contributed by atoms with Gasteiger partial charge in [0.15, 0.2) is 0 Å². The number of amides is 1. The predicted octanol–water partition coefficient (Wildman–Crippen LogP) is 1.85. The third-order valence-corrected chi connectivity index (χ3v) is 1.71. The molecule has 0 atom stereocenters. The largest absolute Gasteiger partial charge is 0.417 e. The number of hydrogen-bond donors (Lipinski definition) is 1. The summed E-state index contributed by atoms with van der Waals surface area (Å²) in [5.41, 5.74) is 3.17. The number of carbonyl (C=O) groups is 1. The van der Waals surface area contributed by atoms with Gasteiger partial charge in [0.25, 0.3) is 5.91 Å². The summed E-state index contributed by atoms with van der Waals surface area (Å²) in [5, 5.41) is -0.567. The minimum Gasteiger partial charge on any atom is -0.364 e. The van der Waals surface area contributed by atoms with Gasteiger partial charge in [0.05, 0.1) is 10.6 Å². The van der Waals surface area contributed by atoms with Crippen LogP contribution in [0.5, 0.6) is 0 Å². The Morgan fingerprint density at radius 2 is 2.07 bits per heavy atom. The van der Waals surface area contributed by atoms with Crippen molar-refractivity contribution in [3.63, 3.8) is 0 Å². The van der Waals surface area contributed by atoms with Crippen molar-refractivity contribution >= 4 is 17.5 Å². The van der Waals surface area contributed by atoms with Gasteiger partial charge in [0.2, 0.25) is 0 Å². The fourth-order valence-corrected chi connectivity index (χ4v) is 1.00. The van der Waals surface area contributed by atoms with Crippen LogP contribution < -0.4 is 5.73 Å². The zero-order valence-corrected chi connectivity index (χ0v) is 7.36. The Kier molecular flexibility index (Phi) is 2.66. The van der Waals surface area contributed by atoms with Crippen molar-refractivity contribution < 1.29 is 18.0 Å². The maximum absolute atomic E-state index is 12.2. The van der Waals surface area contributed by atoms with Gasteiger partial charge < -0.3 is 5.73 Å². The van der Waals surface area contributed by atoms with Gasteiger partial charge in [0.1, 0.15) is 5.69 Å². The number of primary amides is 1. The molecule has 0 radical (unpaired) electrons. The molecule has 0 bridgehead atoms. The lowest BCUT2D eigenvalue weighted by atomic mass is 10.2. The second-order valence-corrected chi connectivity index (χ2v) is 2.82. The van der Waals surface area contributed by atoms with Crippen LogP contribution >= 0.6 is 11.6 Å². The van der Waals surface area contributed by atoms with Crippen LogP contribution in [0.2, 0.25) is 5.02 Å². The van der Waals surface area contributed by atoms with E-state index < -0.39 is 28.4 Å². The first-order valence-electron chi connectivity index (χ1n) is 3.35. The molecule has 0 aliphatic heterocycles. The summed E-state index contributed by atoms with van der Waals surface area (Å²) in [5.74, 6) is -1.04. The Labute approximate surface area is 81.7 Å². The molecule has 1 aromatic heterocycles. The minimum absolute atomic E-state index is 0.471. The van der Waals surface area contributed by atoms with E-state index in [1.54, 1.807) is 0 Å². The number of carbonyl (C=O) groups excluding carboxylic acids is 1. The average Bonchev–Trinajstić information content (AvgIpc) is 2.02. The van der Waals surface area contributed by atoms with Crippen LogP contribution in [0.1, 0.15) is 16.1 Å². The predicted molar refractivity (Wildman–Crippen MR) is 42.8 cm³/mol. The maximum Gasteiger partial charge on any atom is 0.417 e. The van der Waals surface area contributed by atoms with Crippen LogP contribution in [0.3, 0.4) is 0 Å². The molecule has 1 amide bonds. The number of halogens is 4. The van der Waals surface area contributed by atoms with Crippen molar-refractivity contribution in [3.05, 3.63) is 28.5 Å². The first-order chi connectivity index (χ1) is 6.32. The molecular formula is C7H4ClF3N2O. The number of nitrogens with zero attached hydrogens (tertiary/aromatic N) is 1. The minimum atomic E-state index is -4.62. The fraction of sp³-hybridized carbons (Fsp3) is 0.143. The highest BCUT2D eigenvalue weighted by Crippen LogP contribution is 2.34. The number of aromatic nitrogens is 1. The van der Waals surface area contributed by atoms with Crippen LogP contribution in [0.25, 0.3) is 0 Å². The van der Waals surface area contributed by atoms with Crippen LogP contribution in [-0.4, -0.2) is 10.9 Å². The number of pyridine rings is 1. The summed E-state index contributed by atoms with van der Waals surface area (Å²) in [6.07, 6.45) is -3.88. The molecule has 0 spiro atoms. The highest BCUT2D eigenvalue weighted by atomic mass is 35.5. The molecule has 14 heavy (non-hydrogen) atoms. The van der Waals surface area contributed by atoms with Gasteiger partial charge in [-0.2, -0.15) is 13.2 Å². The van der Waals surface area contributed by atoms with Gasteiger partial charge >= 0.3 is 6.18 Å². The Balaban J connectivity index is 3.29. The summed E-state index contributed by atoms with van der Waals surface area (Å²) in [4.78, 5) is 13.9. The first kappa shape index (κ1) is 10.8. The standard InChI is InChI=1S/C7H4ClF3N2O/c8-4-2-13-5(6(12)14)1-3(4)7(9,10)11/h1-2H,(H2,12,14). The Morgan fingerprint density at radius 1 is 1.50 bits per heavy atom. The van der Waals surface area contributed by atoms with Crippen molar-refractivity contribution in [1.29, 1.82) is 0 Å². The zero-order chi connectivity index (χ0) is 10.9. The summed E-state index contributed by atoms with van der Waals surface area (Å²) >= 11 is 5.25. The topological polar surface area (TPSA) is 56.0 Å². The normalized spacial score (nSPS) is 11.4. The lowest BCUT2D eigenvalue weighted by Crippen LogP contribution is -2.15. The van der Waals surface area contributed by atoms with Crippen LogP contribution in [0.15, 0.2) is 12.3 Å². The highest BCUT2D eigenvalue weighted by molar-refractivity contribution is 6.31. The number of alkyl halides is 3. The van der Waals surface area contributed by atoms with E-state index in [2.05, 4.69) is 4.98 Å². The zero-order valence-electron chi connectivity index (χ0n) is 6.60. The Morgan fingerprint density at radius 3 is 2.50 bits per heavy atom. The number of hydrogen-bond acceptors (Lipinski definition) is 2. The van der Waals surface area contributed by atoms with Gasteiger partial charge in [-0.1, -0.05) is 11.6 Å². The third-order valence-electron chi connectivity index (χ3n) is 1.41. The molecule has 76 valence electrons. The molecule has 0 aromatic carbocycles. The molecule has 0 aliphatic carbocycles. The summed E-state index contributed by atoms with van der Waals surface area (Å²) in [6.45, 7) is 0. The van der Waals surface area contributed by atoms with Crippen LogP contribution in [-0.2, 0) is 6.18 Å². The monoisotopic (exact) mass is 224 g/mol. The Hall–Kier alpha value is -1.30. The average molecular weight is 225 g/mol. The fourth-order valence-electron chi connectivity index (χ4n) is 0.791. The van der Waals surface area contributed by atoms with Gasteiger partial charge in [-0.05, 0) is 6.07 Å². The van der Waals surface area contributed by atoms with Crippen LogP contribution in [0, 0.1) is 0 Å². The molecule has 1 heterocycles. The molecule has 0 unspecified atom stereocenters. The van der Waals surface area contributed by atoms with Gasteiger partial charge in [-0.3, -0.25) is 4.79 Å². The molecule has 1 rings (SSSR count). The summed E-state index contributed by atoms with van der Waals surface area (Å²) in [7, 11) is 0. The summed E-state index contributed by atoms with van der Waals surface area (Å²) < 4.78 is 36.7. The van der Waals surface area contributed by atoms with Crippen molar-refractivity contribution in [2.24, 2.45) is 5.73 Å². The smallest absolute Gasteiger partial charge is 0.364 e. The van der Waals surface area contributed by atoms with E-state index in [0.717, 1.165) is 6.20 Å². The van der Waals surface area contributed by atoms with E-state index >= 15 is 0 Å². The van der Waals surface area contributed by atoms with Crippen molar-refractivity contribution in [1.82, 2.24) is 4.98 Å². The third kappa shape index (κ3) is 2.14. The first-order valence-corrected chi connectivity index (χ1v) is 3.72. The van der Waals surface area contributed by atoms with E-state index in [0.29, 0.717) is 6.07 Å². The second-order valence-electron chi connectivity index (χ2n) is 2.41. The maximum atomic E-state index is 12.2. The van der Waals surface area contributed by atoms with Crippen LogP contribution in [0.4, 0.5) is 13.2 Å². The van der Waals surface area contributed by atoms with Crippen molar-refractivity contribution in [3.8, 4) is 0 Å². The molecule has 0 fully saturated rings. The molecule has 2 N–H and O–H groups in total. The van der Waals surface area contributed by atoms with Gasteiger partial charge in [-0.25, -0.2) is 4.98 Å². The van der Waals surface area contributed by atoms with E-state index in [4.69, 9.17) is 17.3 Å². The molecule has 1 aromatic rings. The molecule has 7 heteroatoms. The molecule has 3 nitrogen and oxygen atoms in total. The van der Waals surface area contributed by atoms with E-state index in [-0.39, 0.29) is 0 Å². The quantitative estimate of drug-likeness (QED) is 0.792. The molecule has 0 saturated carbocycles. The van der Waals surface area contributed by atoms with E-state index in [9.17, 15) is 18.0 Å². The Bertz CT molecular complexity index is 378. The van der Waals surface area contributed by atoms with E-state index in [1.165, 1.54) is 0 Å². The lowest BCUT2D eigenvalue weighted by molar-refractivity contribution is -0.137. The number of nitrogens with two attached hydrogens (primary N) is 1. The van der Waals surface area contributed by atoms with Crippen molar-refractivity contribution in [2.75, 3.05) is 0 Å². The summed E-state index contributed by atoms with van der Waals surface area (Å²) in [6, 6.07) is 0.519. The van der Waals surface area contributed by atoms with Gasteiger partial charge in [0, 0.05) is 6.20 Å². The number of rotatable bonds is 1. The lowest BCUT2D eigenvalue weighted by Gasteiger charge is -2.08.